The van der Waals surface area contributed by atoms with E-state index < -0.39 is 0 Å². The number of likely N-dealkylation sites (tertiary alicyclic amines) is 1. The van der Waals surface area contributed by atoms with Gasteiger partial charge in [0, 0.05) is 13.6 Å². The monoisotopic (exact) mass is 336 g/mol. The van der Waals surface area contributed by atoms with Crippen LogP contribution < -0.4 is 0 Å². The zero-order valence-electron chi connectivity index (χ0n) is 14.7. The Hall–Kier alpha value is -1.37. The van der Waals surface area contributed by atoms with Crippen LogP contribution in [0.1, 0.15) is 36.1 Å². The van der Waals surface area contributed by atoms with E-state index in [9.17, 15) is 4.79 Å². The van der Waals surface area contributed by atoms with E-state index in [4.69, 9.17) is 13.9 Å². The van der Waals surface area contributed by atoms with Crippen molar-refractivity contribution >= 4 is 5.91 Å². The van der Waals surface area contributed by atoms with Gasteiger partial charge in [0.25, 0.3) is 5.91 Å². The number of nitrogens with zero attached hydrogens (tertiary/aromatic N) is 2. The summed E-state index contributed by atoms with van der Waals surface area (Å²) in [6, 6.07) is 3.69. The number of amides is 1. The number of carbonyl (C=O) groups excluding carboxylic acids is 1. The standard InChI is InChI=1S/C18H28N2O4/c1-14-5-7-20(8-6-14)12-15-3-4-17(24-15)18(21)19(2)11-16-13-22-9-10-23-16/h3-4,14,16H,5-13H2,1-2H3/t16-/m0/s1. The molecule has 0 spiro atoms. The van der Waals surface area contributed by atoms with Crippen LogP contribution in [0.25, 0.3) is 0 Å². The van der Waals surface area contributed by atoms with E-state index in [1.807, 2.05) is 6.07 Å². The highest BCUT2D eigenvalue weighted by atomic mass is 16.6. The highest BCUT2D eigenvalue weighted by Gasteiger charge is 2.23. The van der Waals surface area contributed by atoms with E-state index in [0.29, 0.717) is 32.1 Å². The summed E-state index contributed by atoms with van der Waals surface area (Å²) in [6.45, 7) is 7.56. The summed E-state index contributed by atoms with van der Waals surface area (Å²) in [7, 11) is 1.77. The molecule has 1 atom stereocenters. The fraction of sp³-hybridized carbons (Fsp3) is 0.722. The van der Waals surface area contributed by atoms with Gasteiger partial charge in [-0.2, -0.15) is 0 Å². The molecule has 0 unspecified atom stereocenters. The maximum absolute atomic E-state index is 12.5. The highest BCUT2D eigenvalue weighted by molar-refractivity contribution is 5.91. The van der Waals surface area contributed by atoms with Gasteiger partial charge >= 0.3 is 0 Å². The SMILES string of the molecule is CC1CCN(Cc2ccc(C(=O)N(C)C[C@H]3COCCO3)o2)CC1. The number of piperidine rings is 1. The van der Waals surface area contributed by atoms with Gasteiger partial charge in [-0.15, -0.1) is 0 Å². The Bertz CT molecular complexity index is 531. The zero-order chi connectivity index (χ0) is 16.9. The van der Waals surface area contributed by atoms with Gasteiger partial charge in [0.15, 0.2) is 5.76 Å². The second-order valence-corrected chi connectivity index (χ2v) is 6.98. The average molecular weight is 336 g/mol. The predicted octanol–water partition coefficient (Wildman–Crippen LogP) is 2.00. The smallest absolute Gasteiger partial charge is 0.289 e. The highest BCUT2D eigenvalue weighted by Crippen LogP contribution is 2.19. The average Bonchev–Trinajstić information content (AvgIpc) is 3.05. The molecule has 3 heterocycles. The number of ether oxygens (including phenoxy) is 2. The van der Waals surface area contributed by atoms with Crippen molar-refractivity contribution in [2.75, 3.05) is 46.5 Å². The number of hydrogen-bond donors (Lipinski definition) is 0. The molecule has 1 aromatic heterocycles. The van der Waals surface area contributed by atoms with E-state index in [0.717, 1.165) is 31.3 Å². The molecule has 0 N–H and O–H groups in total. The minimum Gasteiger partial charge on any atom is -0.455 e. The van der Waals surface area contributed by atoms with E-state index in [-0.39, 0.29) is 12.0 Å². The maximum atomic E-state index is 12.5. The third kappa shape index (κ3) is 4.59. The molecule has 0 bridgehead atoms. The van der Waals surface area contributed by atoms with Gasteiger partial charge < -0.3 is 18.8 Å². The molecule has 2 saturated heterocycles. The van der Waals surface area contributed by atoms with Crippen molar-refractivity contribution in [2.24, 2.45) is 5.92 Å². The zero-order valence-corrected chi connectivity index (χ0v) is 14.7. The van der Waals surface area contributed by atoms with Crippen LogP contribution in [0.2, 0.25) is 0 Å². The number of carbonyl (C=O) groups is 1. The van der Waals surface area contributed by atoms with Crippen molar-refractivity contribution in [2.45, 2.75) is 32.4 Å². The molecule has 6 nitrogen and oxygen atoms in total. The van der Waals surface area contributed by atoms with Crippen LogP contribution in [0.5, 0.6) is 0 Å². The lowest BCUT2D eigenvalue weighted by molar-refractivity contribution is -0.0934. The lowest BCUT2D eigenvalue weighted by Gasteiger charge is -2.29. The van der Waals surface area contributed by atoms with Crippen molar-refractivity contribution in [3.63, 3.8) is 0 Å². The predicted molar refractivity (Wildman–Crippen MR) is 89.9 cm³/mol. The molecule has 0 saturated carbocycles. The van der Waals surface area contributed by atoms with Gasteiger partial charge in [-0.05, 0) is 44.0 Å². The minimum atomic E-state index is -0.109. The largest absolute Gasteiger partial charge is 0.455 e. The van der Waals surface area contributed by atoms with Gasteiger partial charge in [0.2, 0.25) is 0 Å². The summed E-state index contributed by atoms with van der Waals surface area (Å²) in [5, 5.41) is 0. The van der Waals surface area contributed by atoms with Crippen LogP contribution in [-0.2, 0) is 16.0 Å². The van der Waals surface area contributed by atoms with Crippen molar-refractivity contribution in [1.82, 2.24) is 9.80 Å². The first kappa shape index (κ1) is 17.5. The second-order valence-electron chi connectivity index (χ2n) is 6.98. The molecular weight excluding hydrogens is 308 g/mol. The first-order chi connectivity index (χ1) is 11.6. The molecular formula is C18H28N2O4. The first-order valence-electron chi connectivity index (χ1n) is 8.87. The summed E-state index contributed by atoms with van der Waals surface area (Å²) in [5.74, 6) is 1.96. The van der Waals surface area contributed by atoms with Crippen molar-refractivity contribution in [1.29, 1.82) is 0 Å². The molecule has 0 radical (unpaired) electrons. The number of likely N-dealkylation sites (N-methyl/N-ethyl adjacent to an activating group) is 1. The van der Waals surface area contributed by atoms with E-state index in [1.54, 1.807) is 18.0 Å². The van der Waals surface area contributed by atoms with Gasteiger partial charge in [0.05, 0.1) is 32.5 Å². The Labute approximate surface area is 143 Å². The first-order valence-corrected chi connectivity index (χ1v) is 8.87. The van der Waals surface area contributed by atoms with Gasteiger partial charge in [0.1, 0.15) is 5.76 Å². The Kier molecular flexibility index (Phi) is 5.92. The summed E-state index contributed by atoms with van der Waals surface area (Å²) in [6.07, 6.45) is 2.41. The normalized spacial score (nSPS) is 23.3. The number of furan rings is 1. The molecule has 24 heavy (non-hydrogen) atoms. The molecule has 2 aliphatic rings. The fourth-order valence-electron chi connectivity index (χ4n) is 3.24. The minimum absolute atomic E-state index is 0.0579. The quantitative estimate of drug-likeness (QED) is 0.823. The molecule has 0 aromatic carbocycles. The van der Waals surface area contributed by atoms with Crippen molar-refractivity contribution in [3.05, 3.63) is 23.7 Å². The molecule has 2 aliphatic heterocycles. The van der Waals surface area contributed by atoms with Crippen LogP contribution in [0, 0.1) is 5.92 Å². The maximum Gasteiger partial charge on any atom is 0.289 e. The van der Waals surface area contributed by atoms with Crippen LogP contribution in [0.15, 0.2) is 16.5 Å². The molecule has 6 heteroatoms. The molecule has 134 valence electrons. The fourth-order valence-corrected chi connectivity index (χ4v) is 3.24. The second kappa shape index (κ2) is 8.14. The van der Waals surface area contributed by atoms with Crippen molar-refractivity contribution < 1.29 is 18.7 Å². The Morgan fingerprint density at radius 3 is 2.79 bits per heavy atom. The Morgan fingerprint density at radius 1 is 1.29 bits per heavy atom. The number of hydrogen-bond acceptors (Lipinski definition) is 5. The van der Waals surface area contributed by atoms with E-state index in [1.165, 1.54) is 12.8 Å². The summed E-state index contributed by atoms with van der Waals surface area (Å²) in [4.78, 5) is 16.5. The summed E-state index contributed by atoms with van der Waals surface area (Å²) in [5.41, 5.74) is 0. The van der Waals surface area contributed by atoms with Gasteiger partial charge in [-0.1, -0.05) is 6.92 Å². The Morgan fingerprint density at radius 2 is 2.08 bits per heavy atom. The van der Waals surface area contributed by atoms with Crippen LogP contribution in [0.4, 0.5) is 0 Å². The van der Waals surface area contributed by atoms with E-state index >= 15 is 0 Å². The molecule has 3 rings (SSSR count). The number of rotatable bonds is 5. The summed E-state index contributed by atoms with van der Waals surface area (Å²) < 4.78 is 16.7. The lowest BCUT2D eigenvalue weighted by Crippen LogP contribution is -2.40. The van der Waals surface area contributed by atoms with Crippen LogP contribution >= 0.6 is 0 Å². The molecule has 0 aliphatic carbocycles. The third-order valence-corrected chi connectivity index (χ3v) is 4.84. The molecule has 2 fully saturated rings. The summed E-state index contributed by atoms with van der Waals surface area (Å²) >= 11 is 0. The van der Waals surface area contributed by atoms with Gasteiger partial charge in [-0.25, -0.2) is 0 Å². The van der Waals surface area contributed by atoms with Gasteiger partial charge in [-0.3, -0.25) is 9.69 Å². The topological polar surface area (TPSA) is 55.2 Å². The third-order valence-electron chi connectivity index (χ3n) is 4.84. The van der Waals surface area contributed by atoms with E-state index in [2.05, 4.69) is 11.8 Å². The Balaban J connectivity index is 1.51. The van der Waals surface area contributed by atoms with Crippen molar-refractivity contribution in [3.8, 4) is 0 Å². The molecule has 1 aromatic rings. The molecule has 1 amide bonds. The van der Waals surface area contributed by atoms with Crippen LogP contribution in [-0.4, -0.2) is 68.3 Å². The van der Waals surface area contributed by atoms with Crippen LogP contribution in [0.3, 0.4) is 0 Å². The lowest BCUT2D eigenvalue weighted by atomic mass is 9.99.